The van der Waals surface area contributed by atoms with Gasteiger partial charge in [-0.1, -0.05) is 12.8 Å². The number of nitrogens with zero attached hydrogens (tertiary/aromatic N) is 2. The van der Waals surface area contributed by atoms with Crippen molar-refractivity contribution in [2.24, 2.45) is 0 Å². The van der Waals surface area contributed by atoms with Crippen LogP contribution in [0.3, 0.4) is 0 Å². The summed E-state index contributed by atoms with van der Waals surface area (Å²) >= 11 is 0. The number of hydrogen-bond acceptors (Lipinski definition) is 5. The average Bonchev–Trinajstić information content (AvgIpc) is 3.25. The quantitative estimate of drug-likeness (QED) is 0.903. The minimum atomic E-state index is -3.72. The predicted octanol–water partition coefficient (Wildman–Crippen LogP) is 2.88. The lowest BCUT2D eigenvalue weighted by Gasteiger charge is -2.19. The topological polar surface area (TPSA) is 82.5 Å². The third-order valence-electron chi connectivity index (χ3n) is 4.78. The van der Waals surface area contributed by atoms with E-state index < -0.39 is 10.0 Å². The van der Waals surface area contributed by atoms with Gasteiger partial charge in [-0.05, 0) is 31.9 Å². The second-order valence-corrected chi connectivity index (χ2v) is 8.12. The molecule has 0 spiro atoms. The summed E-state index contributed by atoms with van der Waals surface area (Å²) in [5.41, 5.74) is 1.36. The van der Waals surface area contributed by atoms with Crippen molar-refractivity contribution in [2.45, 2.75) is 43.5 Å². The molecule has 0 bridgehead atoms. The minimum Gasteiger partial charge on any atom is -0.486 e. The number of anilines is 1. The van der Waals surface area contributed by atoms with Crippen LogP contribution >= 0.6 is 0 Å². The Morgan fingerprint density at radius 2 is 1.88 bits per heavy atom. The van der Waals surface area contributed by atoms with Crippen LogP contribution in [0.15, 0.2) is 29.3 Å². The largest absolute Gasteiger partial charge is 0.486 e. The second kappa shape index (κ2) is 6.25. The Labute approximate surface area is 147 Å². The first-order valence-corrected chi connectivity index (χ1v) is 9.99. The summed E-state index contributed by atoms with van der Waals surface area (Å²) in [4.78, 5) is 0.143. The number of sulfonamides is 1. The van der Waals surface area contributed by atoms with Gasteiger partial charge in [0.2, 0.25) is 0 Å². The van der Waals surface area contributed by atoms with Crippen molar-refractivity contribution >= 4 is 15.7 Å². The van der Waals surface area contributed by atoms with Gasteiger partial charge in [-0.2, -0.15) is 5.10 Å². The van der Waals surface area contributed by atoms with Gasteiger partial charge in [0, 0.05) is 6.07 Å². The van der Waals surface area contributed by atoms with Crippen molar-refractivity contribution < 1.29 is 17.9 Å². The van der Waals surface area contributed by atoms with Gasteiger partial charge < -0.3 is 9.47 Å². The standard InChI is InChI=1S/C17H21N3O4S/c1-12-15(11-18-20(12)13-4-2-3-5-13)19-25(21,22)14-6-7-16-17(10-14)24-9-8-23-16/h6-7,10-11,13,19H,2-5,8-9H2,1H3. The summed E-state index contributed by atoms with van der Waals surface area (Å²) in [6, 6.07) is 5.00. The zero-order valence-electron chi connectivity index (χ0n) is 14.1. The highest BCUT2D eigenvalue weighted by molar-refractivity contribution is 7.92. The molecule has 2 aromatic rings. The molecule has 1 aliphatic carbocycles. The van der Waals surface area contributed by atoms with Gasteiger partial charge in [0.15, 0.2) is 11.5 Å². The summed E-state index contributed by atoms with van der Waals surface area (Å²) in [7, 11) is -3.72. The van der Waals surface area contributed by atoms with E-state index in [9.17, 15) is 8.42 Å². The van der Waals surface area contributed by atoms with Gasteiger partial charge in [0.1, 0.15) is 13.2 Å². The van der Waals surface area contributed by atoms with Crippen molar-refractivity contribution in [2.75, 3.05) is 17.9 Å². The molecule has 0 saturated heterocycles. The number of fused-ring (bicyclic) bond motifs is 1. The lowest BCUT2D eigenvalue weighted by atomic mass is 10.2. The fourth-order valence-electron chi connectivity index (χ4n) is 3.44. The van der Waals surface area contributed by atoms with Crippen LogP contribution in [0.2, 0.25) is 0 Å². The number of benzene rings is 1. The molecular weight excluding hydrogens is 342 g/mol. The second-order valence-electron chi connectivity index (χ2n) is 6.44. The fraction of sp³-hybridized carbons (Fsp3) is 0.471. The maximum atomic E-state index is 12.7. The fourth-order valence-corrected chi connectivity index (χ4v) is 4.55. The third-order valence-corrected chi connectivity index (χ3v) is 6.15. The minimum absolute atomic E-state index is 0.143. The first-order chi connectivity index (χ1) is 12.0. The Morgan fingerprint density at radius 3 is 2.64 bits per heavy atom. The summed E-state index contributed by atoms with van der Waals surface area (Å²) in [6.07, 6.45) is 6.17. The van der Waals surface area contributed by atoms with Crippen LogP contribution in [-0.4, -0.2) is 31.4 Å². The first kappa shape index (κ1) is 16.3. The molecule has 0 atom stereocenters. The third kappa shape index (κ3) is 3.06. The number of nitrogens with one attached hydrogen (secondary N) is 1. The van der Waals surface area contributed by atoms with E-state index in [4.69, 9.17) is 9.47 Å². The molecule has 4 rings (SSSR count). The van der Waals surface area contributed by atoms with Crippen LogP contribution in [0.1, 0.15) is 37.4 Å². The highest BCUT2D eigenvalue weighted by Gasteiger charge is 2.24. The van der Waals surface area contributed by atoms with Crippen LogP contribution in [0.5, 0.6) is 11.5 Å². The van der Waals surface area contributed by atoms with E-state index in [1.54, 1.807) is 12.3 Å². The number of ether oxygens (including phenoxy) is 2. The lowest BCUT2D eigenvalue weighted by Crippen LogP contribution is -2.17. The monoisotopic (exact) mass is 363 g/mol. The molecule has 1 aromatic heterocycles. The molecule has 1 fully saturated rings. The van der Waals surface area contributed by atoms with Gasteiger partial charge in [0.05, 0.1) is 28.5 Å². The highest BCUT2D eigenvalue weighted by atomic mass is 32.2. The van der Waals surface area contributed by atoms with E-state index in [-0.39, 0.29) is 4.90 Å². The van der Waals surface area contributed by atoms with Gasteiger partial charge in [-0.25, -0.2) is 8.42 Å². The maximum absolute atomic E-state index is 12.7. The van der Waals surface area contributed by atoms with Crippen LogP contribution in [-0.2, 0) is 10.0 Å². The normalized spacial score (nSPS) is 17.6. The Balaban J connectivity index is 1.59. The zero-order valence-corrected chi connectivity index (χ0v) is 14.9. The van der Waals surface area contributed by atoms with E-state index in [1.807, 2.05) is 11.6 Å². The molecule has 7 nitrogen and oxygen atoms in total. The Hall–Kier alpha value is -2.22. The van der Waals surface area contributed by atoms with Gasteiger partial charge in [-0.15, -0.1) is 0 Å². The molecule has 134 valence electrons. The summed E-state index contributed by atoms with van der Waals surface area (Å²) in [5.74, 6) is 1.02. The summed E-state index contributed by atoms with van der Waals surface area (Å²) in [6.45, 7) is 2.78. The van der Waals surface area contributed by atoms with E-state index >= 15 is 0 Å². The summed E-state index contributed by atoms with van der Waals surface area (Å²) in [5, 5.41) is 4.39. The van der Waals surface area contributed by atoms with Crippen molar-refractivity contribution in [3.63, 3.8) is 0 Å². The van der Waals surface area contributed by atoms with Crippen LogP contribution in [0.4, 0.5) is 5.69 Å². The van der Waals surface area contributed by atoms with Crippen molar-refractivity contribution in [3.8, 4) is 11.5 Å². The van der Waals surface area contributed by atoms with Crippen LogP contribution < -0.4 is 14.2 Å². The Kier molecular flexibility index (Phi) is 4.07. The molecule has 0 unspecified atom stereocenters. The Morgan fingerprint density at radius 1 is 1.16 bits per heavy atom. The molecule has 1 N–H and O–H groups in total. The molecular formula is C17H21N3O4S. The van der Waals surface area contributed by atoms with Crippen molar-refractivity contribution in [3.05, 3.63) is 30.1 Å². The molecule has 2 aliphatic rings. The highest BCUT2D eigenvalue weighted by Crippen LogP contribution is 2.34. The zero-order chi connectivity index (χ0) is 17.4. The van der Waals surface area contributed by atoms with Crippen molar-refractivity contribution in [1.29, 1.82) is 0 Å². The van der Waals surface area contributed by atoms with Crippen molar-refractivity contribution in [1.82, 2.24) is 9.78 Å². The Bertz CT molecular complexity index is 885. The van der Waals surface area contributed by atoms with Crippen LogP contribution in [0, 0.1) is 6.92 Å². The number of hydrogen-bond donors (Lipinski definition) is 1. The number of aromatic nitrogens is 2. The average molecular weight is 363 g/mol. The molecule has 0 amide bonds. The number of rotatable bonds is 4. The van der Waals surface area contributed by atoms with Gasteiger partial charge >= 0.3 is 0 Å². The SMILES string of the molecule is Cc1c(NS(=O)(=O)c2ccc3c(c2)OCCO3)cnn1C1CCCC1. The predicted molar refractivity (Wildman–Crippen MR) is 92.7 cm³/mol. The molecule has 0 radical (unpaired) electrons. The smallest absolute Gasteiger partial charge is 0.262 e. The first-order valence-electron chi connectivity index (χ1n) is 8.51. The van der Waals surface area contributed by atoms with Gasteiger partial charge in [-0.3, -0.25) is 9.40 Å². The van der Waals surface area contributed by atoms with E-state index in [0.29, 0.717) is 36.4 Å². The van der Waals surface area contributed by atoms with E-state index in [2.05, 4.69) is 9.82 Å². The summed E-state index contributed by atoms with van der Waals surface area (Å²) < 4.78 is 40.9. The van der Waals surface area contributed by atoms with E-state index in [0.717, 1.165) is 18.5 Å². The lowest BCUT2D eigenvalue weighted by molar-refractivity contribution is 0.171. The molecule has 1 saturated carbocycles. The van der Waals surface area contributed by atoms with Crippen LogP contribution in [0.25, 0.3) is 0 Å². The molecule has 1 aliphatic heterocycles. The maximum Gasteiger partial charge on any atom is 0.262 e. The molecule has 1 aromatic carbocycles. The molecule has 2 heterocycles. The van der Waals surface area contributed by atoms with Gasteiger partial charge in [0.25, 0.3) is 10.0 Å². The molecule has 8 heteroatoms. The van der Waals surface area contributed by atoms with E-state index in [1.165, 1.54) is 25.0 Å². The molecule has 25 heavy (non-hydrogen) atoms.